The molecule has 0 saturated heterocycles. The van der Waals surface area contributed by atoms with E-state index in [0.717, 1.165) is 5.56 Å². The first-order chi connectivity index (χ1) is 11.9. The fourth-order valence-corrected chi connectivity index (χ4v) is 2.59. The molecule has 2 aromatic carbocycles. The Morgan fingerprint density at radius 3 is 2.60 bits per heavy atom. The van der Waals surface area contributed by atoms with Crippen molar-refractivity contribution in [3.8, 4) is 0 Å². The standard InChI is InChI=1S/C19H20ClFN2O2/c1-13-6-7-17(12-18(13)20)23(14(2)24)9-8-22-19(25)11-15-4-3-5-16(21)10-15/h3-7,10,12H,8-9,11H2,1-2H3,(H,22,25). The monoisotopic (exact) mass is 362 g/mol. The SMILES string of the molecule is CC(=O)N(CCNC(=O)Cc1cccc(F)c1)c1ccc(C)c(Cl)c1. The van der Waals surface area contributed by atoms with Crippen LogP contribution in [0.1, 0.15) is 18.1 Å². The van der Waals surface area contributed by atoms with E-state index >= 15 is 0 Å². The second-order valence-electron chi connectivity index (χ2n) is 5.76. The van der Waals surface area contributed by atoms with Crippen LogP contribution in [-0.2, 0) is 16.0 Å². The van der Waals surface area contributed by atoms with Gasteiger partial charge in [0.15, 0.2) is 0 Å². The molecule has 0 atom stereocenters. The number of nitrogens with one attached hydrogen (secondary N) is 1. The van der Waals surface area contributed by atoms with Crippen LogP contribution >= 0.6 is 11.6 Å². The maximum Gasteiger partial charge on any atom is 0.224 e. The van der Waals surface area contributed by atoms with Gasteiger partial charge in [0, 0.05) is 30.7 Å². The first kappa shape index (κ1) is 18.9. The number of nitrogens with zero attached hydrogens (tertiary/aromatic N) is 1. The van der Waals surface area contributed by atoms with Crippen molar-refractivity contribution in [1.82, 2.24) is 5.32 Å². The molecule has 0 aliphatic rings. The molecule has 4 nitrogen and oxygen atoms in total. The van der Waals surface area contributed by atoms with Crippen LogP contribution in [-0.4, -0.2) is 24.9 Å². The maximum atomic E-state index is 13.1. The molecule has 0 aliphatic carbocycles. The third-order valence-corrected chi connectivity index (χ3v) is 4.17. The summed E-state index contributed by atoms with van der Waals surface area (Å²) in [6.07, 6.45) is 0.0915. The molecule has 132 valence electrons. The van der Waals surface area contributed by atoms with Crippen LogP contribution in [0.5, 0.6) is 0 Å². The summed E-state index contributed by atoms with van der Waals surface area (Å²) in [5.74, 6) is -0.736. The largest absolute Gasteiger partial charge is 0.354 e. The number of amides is 2. The van der Waals surface area contributed by atoms with Crippen molar-refractivity contribution in [1.29, 1.82) is 0 Å². The van der Waals surface area contributed by atoms with Gasteiger partial charge >= 0.3 is 0 Å². The highest BCUT2D eigenvalue weighted by Gasteiger charge is 2.13. The molecular weight excluding hydrogens is 343 g/mol. The fraction of sp³-hybridized carbons (Fsp3) is 0.263. The van der Waals surface area contributed by atoms with Gasteiger partial charge in [0.2, 0.25) is 11.8 Å². The predicted molar refractivity (Wildman–Crippen MR) is 97.3 cm³/mol. The Morgan fingerprint density at radius 2 is 1.96 bits per heavy atom. The van der Waals surface area contributed by atoms with Crippen LogP contribution in [0.2, 0.25) is 5.02 Å². The van der Waals surface area contributed by atoms with Crippen molar-refractivity contribution in [2.75, 3.05) is 18.0 Å². The molecule has 0 heterocycles. The van der Waals surface area contributed by atoms with Gasteiger partial charge in [-0.2, -0.15) is 0 Å². The highest BCUT2D eigenvalue weighted by molar-refractivity contribution is 6.31. The molecule has 0 aromatic heterocycles. The van der Waals surface area contributed by atoms with Crippen LogP contribution in [0.15, 0.2) is 42.5 Å². The second-order valence-corrected chi connectivity index (χ2v) is 6.17. The Balaban J connectivity index is 1.92. The van der Waals surface area contributed by atoms with Crippen LogP contribution in [0.4, 0.5) is 10.1 Å². The summed E-state index contributed by atoms with van der Waals surface area (Å²) in [4.78, 5) is 25.4. The zero-order valence-corrected chi connectivity index (χ0v) is 14.9. The molecule has 0 aliphatic heterocycles. The highest BCUT2D eigenvalue weighted by Crippen LogP contribution is 2.23. The molecule has 1 N–H and O–H groups in total. The summed E-state index contributed by atoms with van der Waals surface area (Å²) < 4.78 is 13.1. The van der Waals surface area contributed by atoms with E-state index in [1.165, 1.54) is 19.1 Å². The van der Waals surface area contributed by atoms with Gasteiger partial charge in [-0.25, -0.2) is 4.39 Å². The van der Waals surface area contributed by atoms with Crippen molar-refractivity contribution in [2.24, 2.45) is 0 Å². The topological polar surface area (TPSA) is 49.4 Å². The molecule has 25 heavy (non-hydrogen) atoms. The third kappa shape index (κ3) is 5.57. The van der Waals surface area contributed by atoms with Gasteiger partial charge in [0.05, 0.1) is 6.42 Å². The summed E-state index contributed by atoms with van der Waals surface area (Å²) in [5, 5.41) is 3.33. The number of benzene rings is 2. The Bertz CT molecular complexity index is 780. The minimum Gasteiger partial charge on any atom is -0.354 e. The fourth-order valence-electron chi connectivity index (χ4n) is 2.42. The van der Waals surface area contributed by atoms with Crippen LogP contribution < -0.4 is 10.2 Å². The molecule has 0 radical (unpaired) electrons. The zero-order chi connectivity index (χ0) is 18.4. The quantitative estimate of drug-likeness (QED) is 0.855. The van der Waals surface area contributed by atoms with Crippen molar-refractivity contribution >= 4 is 29.1 Å². The Morgan fingerprint density at radius 1 is 1.20 bits per heavy atom. The van der Waals surface area contributed by atoms with E-state index in [2.05, 4.69) is 5.32 Å². The lowest BCUT2D eigenvalue weighted by atomic mass is 10.1. The van der Waals surface area contributed by atoms with E-state index < -0.39 is 0 Å². The molecule has 2 aromatic rings. The second kappa shape index (κ2) is 8.62. The molecule has 0 saturated carbocycles. The van der Waals surface area contributed by atoms with Crippen molar-refractivity contribution in [3.63, 3.8) is 0 Å². The summed E-state index contributed by atoms with van der Waals surface area (Å²) in [6, 6.07) is 11.3. The lowest BCUT2D eigenvalue weighted by molar-refractivity contribution is -0.121. The molecule has 2 rings (SSSR count). The van der Waals surface area contributed by atoms with Crippen LogP contribution in [0.3, 0.4) is 0 Å². The number of rotatable bonds is 6. The van der Waals surface area contributed by atoms with Gasteiger partial charge in [-0.3, -0.25) is 9.59 Å². The highest BCUT2D eigenvalue weighted by atomic mass is 35.5. The van der Waals surface area contributed by atoms with E-state index in [-0.39, 0.29) is 24.1 Å². The summed E-state index contributed by atoms with van der Waals surface area (Å²) >= 11 is 6.11. The summed E-state index contributed by atoms with van der Waals surface area (Å²) in [7, 11) is 0. The normalized spacial score (nSPS) is 10.4. The minimum atomic E-state index is -0.371. The Hall–Kier alpha value is -2.40. The van der Waals surface area contributed by atoms with Crippen molar-refractivity contribution in [2.45, 2.75) is 20.3 Å². The van der Waals surface area contributed by atoms with Gasteiger partial charge < -0.3 is 10.2 Å². The van der Waals surface area contributed by atoms with Crippen LogP contribution in [0, 0.1) is 12.7 Å². The van der Waals surface area contributed by atoms with E-state index in [1.54, 1.807) is 23.1 Å². The summed E-state index contributed by atoms with van der Waals surface area (Å²) in [5.41, 5.74) is 2.21. The van der Waals surface area contributed by atoms with Gasteiger partial charge in [-0.05, 0) is 42.3 Å². The number of hydrogen-bond acceptors (Lipinski definition) is 2. The lowest BCUT2D eigenvalue weighted by Crippen LogP contribution is -2.38. The Kier molecular flexibility index (Phi) is 6.53. The smallest absolute Gasteiger partial charge is 0.224 e. The minimum absolute atomic E-state index is 0.0915. The number of halogens is 2. The number of anilines is 1. The van der Waals surface area contributed by atoms with Crippen LogP contribution in [0.25, 0.3) is 0 Å². The third-order valence-electron chi connectivity index (χ3n) is 3.76. The average molecular weight is 363 g/mol. The number of hydrogen-bond donors (Lipinski definition) is 1. The first-order valence-corrected chi connectivity index (χ1v) is 8.30. The first-order valence-electron chi connectivity index (χ1n) is 7.92. The molecule has 0 unspecified atom stereocenters. The van der Waals surface area contributed by atoms with Gasteiger partial charge in [-0.1, -0.05) is 29.8 Å². The number of carbonyl (C=O) groups excluding carboxylic acids is 2. The van der Waals surface area contributed by atoms with E-state index in [0.29, 0.717) is 29.4 Å². The molecule has 6 heteroatoms. The Labute approximate surface area is 151 Å². The predicted octanol–water partition coefficient (Wildman–Crippen LogP) is 3.50. The van der Waals surface area contributed by atoms with Crippen molar-refractivity contribution in [3.05, 3.63) is 64.4 Å². The van der Waals surface area contributed by atoms with Gasteiger partial charge in [0.25, 0.3) is 0 Å². The van der Waals surface area contributed by atoms with Crippen molar-refractivity contribution < 1.29 is 14.0 Å². The van der Waals surface area contributed by atoms with E-state index in [9.17, 15) is 14.0 Å². The summed E-state index contributed by atoms with van der Waals surface area (Å²) in [6.45, 7) is 3.96. The molecule has 0 bridgehead atoms. The molecular formula is C19H20ClFN2O2. The maximum absolute atomic E-state index is 13.1. The number of aryl methyl sites for hydroxylation is 1. The van der Waals surface area contributed by atoms with E-state index in [1.807, 2.05) is 19.1 Å². The average Bonchev–Trinajstić information content (AvgIpc) is 2.54. The lowest BCUT2D eigenvalue weighted by Gasteiger charge is -2.22. The molecule has 0 fully saturated rings. The number of carbonyl (C=O) groups is 2. The zero-order valence-electron chi connectivity index (χ0n) is 14.2. The van der Waals surface area contributed by atoms with Gasteiger partial charge in [0.1, 0.15) is 5.82 Å². The van der Waals surface area contributed by atoms with Gasteiger partial charge in [-0.15, -0.1) is 0 Å². The molecule has 2 amide bonds. The molecule has 0 spiro atoms. The van der Waals surface area contributed by atoms with E-state index in [4.69, 9.17) is 11.6 Å².